The van der Waals surface area contributed by atoms with Gasteiger partial charge in [-0.1, -0.05) is 31.9 Å². The largest absolute Gasteiger partial charge is 0.496 e. The summed E-state index contributed by atoms with van der Waals surface area (Å²) in [5.74, 6) is 1.95. The number of nitrogens with zero attached hydrogens (tertiary/aromatic N) is 3. The monoisotopic (exact) mass is 466 g/mol. The molecule has 2 atom stereocenters. The summed E-state index contributed by atoms with van der Waals surface area (Å²) in [6, 6.07) is 7.15. The molecule has 1 aromatic heterocycles. The lowest BCUT2D eigenvalue weighted by Gasteiger charge is -2.37. The maximum atomic E-state index is 12.9. The number of thiol groups is 1. The van der Waals surface area contributed by atoms with Gasteiger partial charge in [0.05, 0.1) is 19.2 Å². The maximum absolute atomic E-state index is 12.9. The number of nitrogens with two attached hydrogens (primary N) is 1. The highest BCUT2D eigenvalue weighted by Gasteiger charge is 2.36. The van der Waals surface area contributed by atoms with E-state index in [1.54, 1.807) is 7.11 Å². The number of rotatable bonds is 7. The number of methoxy groups -OCH3 is 1. The number of fused-ring (bicyclic) bond motifs is 1. The quantitative estimate of drug-likeness (QED) is 0.610. The van der Waals surface area contributed by atoms with Crippen molar-refractivity contribution in [1.29, 1.82) is 0 Å². The number of carbonyl (C=O) groups is 1. The zero-order chi connectivity index (χ0) is 20.3. The molecular formula is C20H27BrN4O2S. The van der Waals surface area contributed by atoms with Crippen LogP contribution < -0.4 is 10.5 Å². The molecule has 152 valence electrons. The summed E-state index contributed by atoms with van der Waals surface area (Å²) in [6.07, 6.45) is 2.92. The SMILES string of the molecule is CCCCC1c2nc(-c3ccccc3OC)c(Br)n2CCN1C(=O)C(N)CS. The summed E-state index contributed by atoms with van der Waals surface area (Å²) in [6.45, 7) is 3.44. The first-order chi connectivity index (χ1) is 13.5. The standard InChI is InChI=1S/C20H27BrN4O2S/c1-3-4-8-15-19-23-17(13-7-5-6-9-16(13)27-2)18(21)25(19)11-10-24(15)20(26)14(22)12-28/h5-7,9,14-15,28H,3-4,8,10-12,22H2,1-2H3. The number of ether oxygens (including phenoxy) is 1. The highest BCUT2D eigenvalue weighted by Crippen LogP contribution is 2.40. The minimum atomic E-state index is -0.592. The fourth-order valence-corrected chi connectivity index (χ4v) is 4.49. The first-order valence-corrected chi connectivity index (χ1v) is 11.0. The van der Waals surface area contributed by atoms with Crippen LogP contribution in [0.5, 0.6) is 5.75 Å². The molecule has 2 unspecified atom stereocenters. The van der Waals surface area contributed by atoms with Gasteiger partial charge in [0.1, 0.15) is 21.9 Å². The Morgan fingerprint density at radius 1 is 1.43 bits per heavy atom. The van der Waals surface area contributed by atoms with Gasteiger partial charge in [-0.2, -0.15) is 12.6 Å². The Bertz CT molecular complexity index is 842. The van der Waals surface area contributed by atoms with Crippen LogP contribution in [0.1, 0.15) is 38.1 Å². The molecule has 1 amide bonds. The fourth-order valence-electron chi connectivity index (χ4n) is 3.67. The van der Waals surface area contributed by atoms with E-state index in [1.807, 2.05) is 29.2 Å². The number of amides is 1. The highest BCUT2D eigenvalue weighted by atomic mass is 79.9. The maximum Gasteiger partial charge on any atom is 0.241 e. The molecule has 8 heteroatoms. The van der Waals surface area contributed by atoms with Crippen molar-refractivity contribution in [3.8, 4) is 17.0 Å². The van der Waals surface area contributed by atoms with Crippen LogP contribution in [0.3, 0.4) is 0 Å². The van der Waals surface area contributed by atoms with Crippen LogP contribution >= 0.6 is 28.6 Å². The van der Waals surface area contributed by atoms with Crippen molar-refractivity contribution in [2.75, 3.05) is 19.4 Å². The molecule has 6 nitrogen and oxygen atoms in total. The molecule has 0 fully saturated rings. The molecule has 0 saturated carbocycles. The van der Waals surface area contributed by atoms with Crippen molar-refractivity contribution in [1.82, 2.24) is 14.5 Å². The molecule has 0 radical (unpaired) electrons. The number of hydrogen-bond acceptors (Lipinski definition) is 5. The van der Waals surface area contributed by atoms with Gasteiger partial charge < -0.3 is 19.9 Å². The van der Waals surface area contributed by atoms with Crippen molar-refractivity contribution >= 4 is 34.5 Å². The second-order valence-electron chi connectivity index (χ2n) is 6.94. The van der Waals surface area contributed by atoms with Crippen molar-refractivity contribution in [3.63, 3.8) is 0 Å². The van der Waals surface area contributed by atoms with Gasteiger partial charge in [0.25, 0.3) is 0 Å². The third-order valence-corrected chi connectivity index (χ3v) is 6.36. The summed E-state index contributed by atoms with van der Waals surface area (Å²) in [5, 5.41) is 0. The number of imidazole rings is 1. The first kappa shape index (κ1) is 21.2. The van der Waals surface area contributed by atoms with Crippen molar-refractivity contribution in [3.05, 3.63) is 34.7 Å². The zero-order valence-corrected chi connectivity index (χ0v) is 18.7. The Kier molecular flexibility index (Phi) is 7.06. The highest BCUT2D eigenvalue weighted by molar-refractivity contribution is 9.10. The number of halogens is 1. The van der Waals surface area contributed by atoms with E-state index >= 15 is 0 Å². The summed E-state index contributed by atoms with van der Waals surface area (Å²) in [7, 11) is 1.66. The van der Waals surface area contributed by atoms with Gasteiger partial charge in [0, 0.05) is 24.4 Å². The van der Waals surface area contributed by atoms with Gasteiger partial charge >= 0.3 is 0 Å². The lowest BCUT2D eigenvalue weighted by molar-refractivity contribution is -0.136. The molecular weight excluding hydrogens is 440 g/mol. The summed E-state index contributed by atoms with van der Waals surface area (Å²) >= 11 is 7.94. The Balaban J connectivity index is 2.05. The number of benzene rings is 1. The Hall–Kier alpha value is -1.51. The third-order valence-electron chi connectivity index (χ3n) is 5.16. The number of carbonyl (C=O) groups excluding carboxylic acids is 1. The number of unbranched alkanes of at least 4 members (excludes halogenated alkanes) is 1. The van der Waals surface area contributed by atoms with E-state index in [1.165, 1.54) is 0 Å². The molecule has 0 saturated heterocycles. The van der Waals surface area contributed by atoms with Crippen LogP contribution in [0.2, 0.25) is 0 Å². The van der Waals surface area contributed by atoms with Gasteiger partial charge in [0.15, 0.2) is 0 Å². The minimum absolute atomic E-state index is 0.0553. The third kappa shape index (κ3) is 3.95. The zero-order valence-electron chi connectivity index (χ0n) is 16.3. The molecule has 0 spiro atoms. The molecule has 1 aliphatic heterocycles. The van der Waals surface area contributed by atoms with E-state index in [0.29, 0.717) is 18.8 Å². The lowest BCUT2D eigenvalue weighted by Crippen LogP contribution is -2.50. The molecule has 1 aromatic carbocycles. The second kappa shape index (κ2) is 9.33. The summed E-state index contributed by atoms with van der Waals surface area (Å²) in [5.41, 5.74) is 7.77. The van der Waals surface area contributed by atoms with Gasteiger partial charge in [-0.05, 0) is 34.5 Å². The van der Waals surface area contributed by atoms with E-state index in [0.717, 1.165) is 46.7 Å². The normalized spacial score (nSPS) is 17.3. The smallest absolute Gasteiger partial charge is 0.241 e. The van der Waals surface area contributed by atoms with Gasteiger partial charge in [-0.3, -0.25) is 4.79 Å². The molecule has 3 rings (SSSR count). The Morgan fingerprint density at radius 3 is 2.86 bits per heavy atom. The van der Waals surface area contributed by atoms with Crippen molar-refractivity contribution < 1.29 is 9.53 Å². The van der Waals surface area contributed by atoms with Crippen LogP contribution in [-0.2, 0) is 11.3 Å². The van der Waals surface area contributed by atoms with Gasteiger partial charge in [-0.15, -0.1) is 0 Å². The van der Waals surface area contributed by atoms with E-state index in [9.17, 15) is 4.79 Å². The molecule has 2 aromatic rings. The van der Waals surface area contributed by atoms with E-state index in [4.69, 9.17) is 15.5 Å². The second-order valence-corrected chi connectivity index (χ2v) is 8.06. The predicted molar refractivity (Wildman–Crippen MR) is 118 cm³/mol. The fraction of sp³-hybridized carbons (Fsp3) is 0.500. The van der Waals surface area contributed by atoms with Crippen LogP contribution in [0.15, 0.2) is 28.9 Å². The van der Waals surface area contributed by atoms with Crippen molar-refractivity contribution in [2.24, 2.45) is 5.73 Å². The number of aromatic nitrogens is 2. The van der Waals surface area contributed by atoms with Crippen LogP contribution in [-0.4, -0.2) is 45.8 Å². The molecule has 0 aliphatic carbocycles. The molecule has 2 N–H and O–H groups in total. The first-order valence-electron chi connectivity index (χ1n) is 9.59. The Morgan fingerprint density at radius 2 is 2.18 bits per heavy atom. The van der Waals surface area contributed by atoms with Crippen LogP contribution in [0.25, 0.3) is 11.3 Å². The predicted octanol–water partition coefficient (Wildman–Crippen LogP) is 3.65. The van der Waals surface area contributed by atoms with E-state index in [2.05, 4.69) is 40.0 Å². The van der Waals surface area contributed by atoms with Gasteiger partial charge in [0.2, 0.25) is 5.91 Å². The topological polar surface area (TPSA) is 73.4 Å². The average Bonchev–Trinajstić information content (AvgIpc) is 3.07. The molecule has 1 aliphatic rings. The minimum Gasteiger partial charge on any atom is -0.496 e. The van der Waals surface area contributed by atoms with Crippen molar-refractivity contribution in [2.45, 2.75) is 44.8 Å². The average molecular weight is 467 g/mol. The Labute approximate surface area is 180 Å². The number of para-hydroxylation sites is 1. The molecule has 28 heavy (non-hydrogen) atoms. The van der Waals surface area contributed by atoms with Gasteiger partial charge in [-0.25, -0.2) is 4.98 Å². The van der Waals surface area contributed by atoms with Crippen LogP contribution in [0, 0.1) is 0 Å². The molecule has 2 heterocycles. The summed E-state index contributed by atoms with van der Waals surface area (Å²) < 4.78 is 8.60. The van der Waals surface area contributed by atoms with E-state index < -0.39 is 6.04 Å². The number of hydrogen-bond donors (Lipinski definition) is 2. The molecule has 0 bridgehead atoms. The van der Waals surface area contributed by atoms with Crippen LogP contribution in [0.4, 0.5) is 0 Å². The summed E-state index contributed by atoms with van der Waals surface area (Å²) in [4.78, 5) is 19.7. The van der Waals surface area contributed by atoms with E-state index in [-0.39, 0.29) is 11.9 Å². The lowest BCUT2D eigenvalue weighted by atomic mass is 10.0.